The van der Waals surface area contributed by atoms with E-state index in [1.54, 1.807) is 43.5 Å². The highest BCUT2D eigenvalue weighted by molar-refractivity contribution is 5.97. The minimum absolute atomic E-state index is 0.0895. The van der Waals surface area contributed by atoms with Gasteiger partial charge in [-0.2, -0.15) is 0 Å². The van der Waals surface area contributed by atoms with Gasteiger partial charge in [0.15, 0.2) is 5.84 Å². The maximum absolute atomic E-state index is 11.5. The van der Waals surface area contributed by atoms with Crippen LogP contribution in [0.2, 0.25) is 0 Å². The molecule has 2 rings (SSSR count). The molecule has 0 aliphatic carbocycles. The van der Waals surface area contributed by atoms with Gasteiger partial charge in [0.2, 0.25) is 0 Å². The number of nitrogens with zero attached hydrogens (tertiary/aromatic N) is 1. The quantitative estimate of drug-likeness (QED) is 0.234. The lowest BCUT2D eigenvalue weighted by Gasteiger charge is -2.04. The molecule has 0 amide bonds. The number of methoxy groups -OCH3 is 1. The van der Waals surface area contributed by atoms with E-state index in [1.807, 2.05) is 19.1 Å². The third kappa shape index (κ3) is 4.24. The Hall–Kier alpha value is -3.02. The van der Waals surface area contributed by atoms with Crippen molar-refractivity contribution >= 4 is 12.0 Å². The Morgan fingerprint density at radius 2 is 1.59 bits per heavy atom. The van der Waals surface area contributed by atoms with Gasteiger partial charge in [-0.3, -0.25) is 4.84 Å². The number of hydrogen-bond donors (Lipinski definition) is 1. The van der Waals surface area contributed by atoms with Gasteiger partial charge in [0.1, 0.15) is 11.5 Å². The standard InChI is InChI=1S/C16H16N2O4/c1-11-3-5-12(6-4-11)15(17)18-22-16(19)21-14-9-7-13(20-2)8-10-14/h3-10H,1-2H3,(H2,17,18). The Bertz CT molecular complexity index is 664. The smallest absolute Gasteiger partial charge is 0.497 e. The summed E-state index contributed by atoms with van der Waals surface area (Å²) in [6, 6.07) is 13.8. The van der Waals surface area contributed by atoms with Crippen molar-refractivity contribution in [2.24, 2.45) is 10.9 Å². The molecule has 0 heterocycles. The number of oxime groups is 1. The first kappa shape index (κ1) is 15.4. The average Bonchev–Trinajstić information content (AvgIpc) is 2.54. The molecule has 0 aromatic heterocycles. The fourth-order valence-corrected chi connectivity index (χ4v) is 1.62. The predicted molar refractivity (Wildman–Crippen MR) is 82.0 cm³/mol. The molecule has 0 saturated heterocycles. The lowest BCUT2D eigenvalue weighted by atomic mass is 10.1. The van der Waals surface area contributed by atoms with E-state index in [2.05, 4.69) is 9.99 Å². The van der Waals surface area contributed by atoms with Crippen molar-refractivity contribution in [1.82, 2.24) is 0 Å². The van der Waals surface area contributed by atoms with Gasteiger partial charge in [-0.05, 0) is 31.2 Å². The van der Waals surface area contributed by atoms with Crippen LogP contribution in [0.5, 0.6) is 11.5 Å². The highest BCUT2D eigenvalue weighted by atomic mass is 16.8. The molecular formula is C16H16N2O4. The van der Waals surface area contributed by atoms with Gasteiger partial charge in [-0.25, -0.2) is 4.79 Å². The summed E-state index contributed by atoms with van der Waals surface area (Å²) in [6.45, 7) is 1.96. The molecule has 0 aliphatic heterocycles. The first-order chi connectivity index (χ1) is 10.6. The zero-order valence-corrected chi connectivity index (χ0v) is 12.3. The van der Waals surface area contributed by atoms with E-state index >= 15 is 0 Å². The van der Waals surface area contributed by atoms with Gasteiger partial charge in [0.05, 0.1) is 7.11 Å². The second kappa shape index (κ2) is 7.12. The Kier molecular flexibility index (Phi) is 4.98. The van der Waals surface area contributed by atoms with Crippen LogP contribution in [0.15, 0.2) is 53.7 Å². The molecule has 22 heavy (non-hydrogen) atoms. The molecule has 0 saturated carbocycles. The van der Waals surface area contributed by atoms with E-state index in [4.69, 9.17) is 15.2 Å². The number of ether oxygens (including phenoxy) is 2. The summed E-state index contributed by atoms with van der Waals surface area (Å²) in [5, 5.41) is 3.55. The van der Waals surface area contributed by atoms with Crippen molar-refractivity contribution < 1.29 is 19.1 Å². The van der Waals surface area contributed by atoms with Gasteiger partial charge in [0, 0.05) is 5.56 Å². The highest BCUT2D eigenvalue weighted by Gasteiger charge is 2.07. The van der Waals surface area contributed by atoms with Crippen molar-refractivity contribution in [3.63, 3.8) is 0 Å². The summed E-state index contributed by atoms with van der Waals surface area (Å²) in [5.74, 6) is 1.06. The van der Waals surface area contributed by atoms with Crippen LogP contribution in [0.3, 0.4) is 0 Å². The van der Waals surface area contributed by atoms with Crippen LogP contribution in [-0.4, -0.2) is 19.1 Å². The zero-order chi connectivity index (χ0) is 15.9. The van der Waals surface area contributed by atoms with Crippen LogP contribution >= 0.6 is 0 Å². The second-order valence-electron chi connectivity index (χ2n) is 4.46. The van der Waals surface area contributed by atoms with Gasteiger partial charge >= 0.3 is 6.16 Å². The summed E-state index contributed by atoms with van der Waals surface area (Å²) in [5.41, 5.74) is 7.47. The van der Waals surface area contributed by atoms with Crippen LogP contribution in [0.4, 0.5) is 4.79 Å². The number of hydrogen-bond acceptors (Lipinski definition) is 5. The molecule has 2 aromatic carbocycles. The second-order valence-corrected chi connectivity index (χ2v) is 4.46. The highest BCUT2D eigenvalue weighted by Crippen LogP contribution is 2.17. The van der Waals surface area contributed by atoms with Crippen molar-refractivity contribution in [3.8, 4) is 11.5 Å². The van der Waals surface area contributed by atoms with E-state index in [0.29, 0.717) is 17.1 Å². The molecule has 6 nitrogen and oxygen atoms in total. The fourth-order valence-electron chi connectivity index (χ4n) is 1.62. The maximum atomic E-state index is 11.5. The summed E-state index contributed by atoms with van der Waals surface area (Å²) >= 11 is 0. The summed E-state index contributed by atoms with van der Waals surface area (Å²) in [7, 11) is 1.55. The Balaban J connectivity index is 1.93. The first-order valence-electron chi connectivity index (χ1n) is 6.52. The van der Waals surface area contributed by atoms with E-state index < -0.39 is 6.16 Å². The first-order valence-corrected chi connectivity index (χ1v) is 6.52. The van der Waals surface area contributed by atoms with Gasteiger partial charge in [0.25, 0.3) is 0 Å². The number of rotatable bonds is 4. The summed E-state index contributed by atoms with van der Waals surface area (Å²) < 4.78 is 9.94. The van der Waals surface area contributed by atoms with Crippen LogP contribution < -0.4 is 15.2 Å². The topological polar surface area (TPSA) is 83.1 Å². The molecule has 114 valence electrons. The van der Waals surface area contributed by atoms with Crippen molar-refractivity contribution in [1.29, 1.82) is 0 Å². The zero-order valence-electron chi connectivity index (χ0n) is 12.3. The Labute approximate surface area is 128 Å². The molecular weight excluding hydrogens is 284 g/mol. The maximum Gasteiger partial charge on any atom is 0.540 e. The molecule has 2 N–H and O–H groups in total. The molecule has 0 fully saturated rings. The summed E-state index contributed by atoms with van der Waals surface area (Å²) in [4.78, 5) is 16.1. The third-order valence-electron chi connectivity index (χ3n) is 2.83. The van der Waals surface area contributed by atoms with Crippen LogP contribution in [0.25, 0.3) is 0 Å². The molecule has 0 spiro atoms. The average molecular weight is 300 g/mol. The van der Waals surface area contributed by atoms with E-state index in [1.165, 1.54) is 0 Å². The van der Waals surface area contributed by atoms with Crippen molar-refractivity contribution in [3.05, 3.63) is 59.7 Å². The van der Waals surface area contributed by atoms with Gasteiger partial charge in [-0.1, -0.05) is 35.0 Å². The number of carbonyl (C=O) groups is 1. The van der Waals surface area contributed by atoms with Crippen molar-refractivity contribution in [2.45, 2.75) is 6.92 Å². The minimum Gasteiger partial charge on any atom is -0.497 e. The predicted octanol–water partition coefficient (Wildman–Crippen LogP) is 2.84. The molecule has 0 unspecified atom stereocenters. The van der Waals surface area contributed by atoms with E-state index in [0.717, 1.165) is 5.56 Å². The van der Waals surface area contributed by atoms with Crippen LogP contribution in [-0.2, 0) is 4.84 Å². The van der Waals surface area contributed by atoms with Crippen LogP contribution in [0.1, 0.15) is 11.1 Å². The molecule has 2 aromatic rings. The molecule has 0 radical (unpaired) electrons. The Morgan fingerprint density at radius 1 is 1.00 bits per heavy atom. The monoisotopic (exact) mass is 300 g/mol. The molecule has 0 atom stereocenters. The van der Waals surface area contributed by atoms with Gasteiger partial charge < -0.3 is 15.2 Å². The largest absolute Gasteiger partial charge is 0.540 e. The number of amidine groups is 1. The van der Waals surface area contributed by atoms with E-state index in [-0.39, 0.29) is 5.84 Å². The van der Waals surface area contributed by atoms with Crippen LogP contribution in [0, 0.1) is 6.92 Å². The number of benzene rings is 2. The Morgan fingerprint density at radius 3 is 2.18 bits per heavy atom. The fraction of sp³-hybridized carbons (Fsp3) is 0.125. The number of aryl methyl sites for hydroxylation is 1. The summed E-state index contributed by atoms with van der Waals surface area (Å²) in [6.07, 6.45) is -0.972. The molecule has 0 bridgehead atoms. The molecule has 0 aliphatic rings. The molecule has 6 heteroatoms. The lowest BCUT2D eigenvalue weighted by molar-refractivity contribution is 0.102. The third-order valence-corrected chi connectivity index (χ3v) is 2.83. The van der Waals surface area contributed by atoms with Crippen molar-refractivity contribution in [2.75, 3.05) is 7.11 Å². The van der Waals surface area contributed by atoms with E-state index in [9.17, 15) is 4.79 Å². The SMILES string of the molecule is COc1ccc(OC(=O)O/N=C(\N)c2ccc(C)cc2)cc1. The normalized spacial score (nSPS) is 10.9. The number of carbonyl (C=O) groups excluding carboxylic acids is 1. The number of nitrogens with two attached hydrogens (primary N) is 1. The minimum atomic E-state index is -0.972. The van der Waals surface area contributed by atoms with Gasteiger partial charge in [-0.15, -0.1) is 0 Å². The lowest BCUT2D eigenvalue weighted by Crippen LogP contribution is -2.16.